The molecule has 1 aromatic carbocycles. The van der Waals surface area contributed by atoms with Gasteiger partial charge in [-0.3, -0.25) is 0 Å². The van der Waals surface area contributed by atoms with E-state index in [0.29, 0.717) is 5.56 Å². The number of carboxylic acids is 1. The van der Waals surface area contributed by atoms with E-state index in [4.69, 9.17) is 10.8 Å². The zero-order valence-electron chi connectivity index (χ0n) is 9.55. The molecule has 4 heteroatoms. The maximum absolute atomic E-state index is 11.1. The average molecular weight is 233 g/mol. The molecule has 0 heterocycles. The molecule has 0 aliphatic rings. The van der Waals surface area contributed by atoms with Crippen molar-refractivity contribution in [3.8, 4) is 5.75 Å². The van der Waals surface area contributed by atoms with Crippen LogP contribution in [0.4, 0.5) is 0 Å². The number of hydrogen-bond acceptors (Lipinski definition) is 3. The molecule has 0 saturated carbocycles. The predicted molar refractivity (Wildman–Crippen MR) is 64.7 cm³/mol. The van der Waals surface area contributed by atoms with Gasteiger partial charge in [-0.25, -0.2) is 4.79 Å². The van der Waals surface area contributed by atoms with Crippen LogP contribution >= 0.6 is 0 Å². The molecular weight excluding hydrogens is 218 g/mol. The van der Waals surface area contributed by atoms with Gasteiger partial charge in [-0.2, -0.15) is 0 Å². The number of nitrogens with two attached hydrogens (primary N) is 1. The Balaban J connectivity index is 3.03. The van der Waals surface area contributed by atoms with E-state index in [1.54, 1.807) is 25.1 Å². The Hall–Kier alpha value is -2.03. The van der Waals surface area contributed by atoms with Crippen LogP contribution in [0, 0.1) is 0 Å². The highest BCUT2D eigenvalue weighted by Gasteiger charge is 2.31. The predicted octanol–water partition coefficient (Wildman–Crippen LogP) is 1.45. The van der Waals surface area contributed by atoms with Crippen molar-refractivity contribution in [3.05, 3.63) is 47.7 Å². The second kappa shape index (κ2) is 5.34. The van der Waals surface area contributed by atoms with Crippen molar-refractivity contribution in [3.63, 3.8) is 0 Å². The highest BCUT2D eigenvalue weighted by atomic mass is 16.4. The van der Waals surface area contributed by atoms with Gasteiger partial charge in [0.05, 0.1) is 0 Å². The molecule has 0 fully saturated rings. The van der Waals surface area contributed by atoms with Crippen LogP contribution < -0.4 is 5.73 Å². The van der Waals surface area contributed by atoms with Gasteiger partial charge in [0, 0.05) is 6.42 Å². The van der Waals surface area contributed by atoms with Gasteiger partial charge in [-0.1, -0.05) is 12.1 Å². The number of aromatic hydroxyl groups is 1. The van der Waals surface area contributed by atoms with Crippen LogP contribution in [0.25, 0.3) is 0 Å². The lowest BCUT2D eigenvalue weighted by atomic mass is 9.91. The van der Waals surface area contributed by atoms with Crippen molar-refractivity contribution in [1.29, 1.82) is 0 Å². The lowest BCUT2D eigenvalue weighted by Gasteiger charge is -2.19. The quantitative estimate of drug-likeness (QED) is 0.687. The first-order valence-corrected chi connectivity index (χ1v) is 5.16. The summed E-state index contributed by atoms with van der Waals surface area (Å²) < 4.78 is 0. The van der Waals surface area contributed by atoms with E-state index in [2.05, 4.69) is 5.73 Å². The van der Waals surface area contributed by atoms with E-state index < -0.39 is 11.5 Å². The van der Waals surface area contributed by atoms with Gasteiger partial charge in [0.25, 0.3) is 0 Å². The van der Waals surface area contributed by atoms with Crippen LogP contribution in [0.5, 0.6) is 5.75 Å². The number of rotatable bonds is 4. The highest BCUT2D eigenvalue weighted by molar-refractivity contribution is 5.81. The molecule has 1 aromatic rings. The summed E-state index contributed by atoms with van der Waals surface area (Å²) in [6.45, 7) is 1.73. The molecular formula is C13H15NO3. The third-order valence-corrected chi connectivity index (χ3v) is 2.31. The minimum Gasteiger partial charge on any atom is -0.508 e. The van der Waals surface area contributed by atoms with Gasteiger partial charge in [0.15, 0.2) is 0 Å². The summed E-state index contributed by atoms with van der Waals surface area (Å²) in [5.74, 6) is -1.04. The molecule has 0 bridgehead atoms. The maximum Gasteiger partial charge on any atom is 0.328 e. The first kappa shape index (κ1) is 13.0. The van der Waals surface area contributed by atoms with Gasteiger partial charge in [-0.05, 0) is 36.8 Å². The smallest absolute Gasteiger partial charge is 0.328 e. The fourth-order valence-electron chi connectivity index (χ4n) is 1.42. The molecule has 1 rings (SSSR count). The monoisotopic (exact) mass is 233 g/mol. The summed E-state index contributed by atoms with van der Waals surface area (Å²) in [5.41, 5.74) is 7.62. The van der Waals surface area contributed by atoms with E-state index in [-0.39, 0.29) is 12.2 Å². The van der Waals surface area contributed by atoms with Crippen molar-refractivity contribution in [2.45, 2.75) is 18.9 Å². The summed E-state index contributed by atoms with van der Waals surface area (Å²) in [5, 5.41) is 18.4. The summed E-state index contributed by atoms with van der Waals surface area (Å²) in [7, 11) is 0. The summed E-state index contributed by atoms with van der Waals surface area (Å²) in [4.78, 5) is 11.1. The van der Waals surface area contributed by atoms with Crippen molar-refractivity contribution in [2.75, 3.05) is 0 Å². The minimum absolute atomic E-state index is 0.0882. The maximum atomic E-state index is 11.1. The molecule has 17 heavy (non-hydrogen) atoms. The average Bonchev–Trinajstić information content (AvgIpc) is 2.26. The molecule has 90 valence electrons. The molecule has 0 amide bonds. The summed E-state index contributed by atoms with van der Waals surface area (Å²) >= 11 is 0. The van der Waals surface area contributed by atoms with Crippen LogP contribution in [-0.2, 0) is 11.2 Å². The zero-order valence-corrected chi connectivity index (χ0v) is 9.55. The zero-order chi connectivity index (χ0) is 12.9. The number of carbonyl (C=O) groups is 1. The SMILES string of the molecule is CC=C=CC(N)(Cc1cccc(O)c1)C(=O)O. The van der Waals surface area contributed by atoms with E-state index in [9.17, 15) is 9.90 Å². The van der Waals surface area contributed by atoms with Crippen molar-refractivity contribution in [1.82, 2.24) is 0 Å². The van der Waals surface area contributed by atoms with Gasteiger partial charge in [-0.15, -0.1) is 5.73 Å². The Bertz CT molecular complexity index is 475. The highest BCUT2D eigenvalue weighted by Crippen LogP contribution is 2.17. The van der Waals surface area contributed by atoms with Crippen LogP contribution in [0.15, 0.2) is 42.1 Å². The van der Waals surface area contributed by atoms with Gasteiger partial charge >= 0.3 is 5.97 Å². The van der Waals surface area contributed by atoms with Crippen LogP contribution in [0.2, 0.25) is 0 Å². The van der Waals surface area contributed by atoms with Crippen molar-refractivity contribution < 1.29 is 15.0 Å². The van der Waals surface area contributed by atoms with Crippen molar-refractivity contribution >= 4 is 5.97 Å². The van der Waals surface area contributed by atoms with Crippen molar-refractivity contribution in [2.24, 2.45) is 5.73 Å². The second-order valence-electron chi connectivity index (χ2n) is 3.79. The lowest BCUT2D eigenvalue weighted by Crippen LogP contribution is -2.48. The van der Waals surface area contributed by atoms with Gasteiger partial charge in [0.2, 0.25) is 0 Å². The fourth-order valence-corrected chi connectivity index (χ4v) is 1.42. The molecule has 1 unspecified atom stereocenters. The summed E-state index contributed by atoms with van der Waals surface area (Å²) in [6, 6.07) is 6.37. The summed E-state index contributed by atoms with van der Waals surface area (Å²) in [6.07, 6.45) is 3.00. The Labute approximate surface area is 99.7 Å². The van der Waals surface area contributed by atoms with E-state index in [1.807, 2.05) is 0 Å². The Morgan fingerprint density at radius 3 is 2.82 bits per heavy atom. The first-order chi connectivity index (χ1) is 7.98. The molecule has 1 atom stereocenters. The van der Waals surface area contributed by atoms with E-state index in [1.165, 1.54) is 18.2 Å². The Kier molecular flexibility index (Phi) is 4.10. The topological polar surface area (TPSA) is 83.5 Å². The molecule has 0 spiro atoms. The van der Waals surface area contributed by atoms with Crippen LogP contribution in [-0.4, -0.2) is 21.7 Å². The van der Waals surface area contributed by atoms with E-state index >= 15 is 0 Å². The number of phenols is 1. The first-order valence-electron chi connectivity index (χ1n) is 5.16. The van der Waals surface area contributed by atoms with Gasteiger partial charge < -0.3 is 15.9 Å². The minimum atomic E-state index is -1.51. The molecule has 4 nitrogen and oxygen atoms in total. The standard InChI is InChI=1S/C13H15NO3/c1-2-3-7-13(14,12(16)17)9-10-5-4-6-11(15)8-10/h2,4-8,15H,9,14H2,1H3,(H,16,17). The Morgan fingerprint density at radius 2 is 2.29 bits per heavy atom. The largest absolute Gasteiger partial charge is 0.508 e. The molecule has 0 saturated heterocycles. The number of phenolic OH excluding ortho intramolecular Hbond substituents is 1. The molecule has 0 aromatic heterocycles. The molecule has 0 radical (unpaired) electrons. The van der Waals surface area contributed by atoms with Crippen LogP contribution in [0.1, 0.15) is 12.5 Å². The Morgan fingerprint density at radius 1 is 1.59 bits per heavy atom. The van der Waals surface area contributed by atoms with Gasteiger partial charge in [0.1, 0.15) is 11.3 Å². The van der Waals surface area contributed by atoms with Crippen LogP contribution in [0.3, 0.4) is 0 Å². The number of carboxylic acid groups (broad SMARTS) is 1. The third kappa shape index (κ3) is 3.48. The molecule has 0 aliphatic heterocycles. The number of benzene rings is 1. The normalized spacial score (nSPS) is 13.3. The molecule has 4 N–H and O–H groups in total. The van der Waals surface area contributed by atoms with E-state index in [0.717, 1.165) is 0 Å². The lowest BCUT2D eigenvalue weighted by molar-refractivity contribution is -0.141. The fraction of sp³-hybridized carbons (Fsp3) is 0.231. The number of hydrogen-bond donors (Lipinski definition) is 3. The number of aliphatic carboxylic acids is 1. The second-order valence-corrected chi connectivity index (χ2v) is 3.79. The third-order valence-electron chi connectivity index (χ3n) is 2.31. The molecule has 0 aliphatic carbocycles.